The minimum atomic E-state index is -4.48. The molecule has 0 amide bonds. The lowest BCUT2D eigenvalue weighted by atomic mass is 9.95. The Morgan fingerprint density at radius 3 is 2.58 bits per heavy atom. The number of para-hydroxylation sites is 1. The standard InChI is InChI=1S/C18H10F3NO2/c19-18(20,21)10-5-6-13-14(9-10)16(24-17(13)23)12-7-8-22-15-4-2-1-3-11(12)15/h1-9,16H. The van der Waals surface area contributed by atoms with Crippen LogP contribution in [0.1, 0.15) is 33.2 Å². The Labute approximate surface area is 134 Å². The summed E-state index contributed by atoms with van der Waals surface area (Å²) in [6.45, 7) is 0. The number of hydrogen-bond donors (Lipinski definition) is 0. The summed E-state index contributed by atoms with van der Waals surface area (Å²) < 4.78 is 44.4. The monoisotopic (exact) mass is 329 g/mol. The van der Waals surface area contributed by atoms with Crippen LogP contribution in [0.15, 0.2) is 54.7 Å². The highest BCUT2D eigenvalue weighted by Crippen LogP contribution is 2.41. The van der Waals surface area contributed by atoms with Crippen LogP contribution in [0.5, 0.6) is 0 Å². The van der Waals surface area contributed by atoms with Gasteiger partial charge in [-0.3, -0.25) is 4.98 Å². The van der Waals surface area contributed by atoms with Crippen molar-refractivity contribution in [1.82, 2.24) is 4.98 Å². The minimum absolute atomic E-state index is 0.161. The van der Waals surface area contributed by atoms with E-state index in [1.807, 2.05) is 6.07 Å². The second kappa shape index (κ2) is 5.06. The van der Waals surface area contributed by atoms with Gasteiger partial charge in [0.2, 0.25) is 0 Å². The van der Waals surface area contributed by atoms with Gasteiger partial charge >= 0.3 is 12.1 Å². The van der Waals surface area contributed by atoms with E-state index in [2.05, 4.69) is 4.98 Å². The molecule has 0 aliphatic carbocycles. The van der Waals surface area contributed by atoms with Crippen LogP contribution in [0.2, 0.25) is 0 Å². The molecule has 2 aromatic carbocycles. The van der Waals surface area contributed by atoms with Gasteiger partial charge in [0.25, 0.3) is 0 Å². The van der Waals surface area contributed by atoms with E-state index < -0.39 is 23.8 Å². The third kappa shape index (κ3) is 2.22. The first-order valence-corrected chi connectivity index (χ1v) is 7.21. The Bertz CT molecular complexity index is 961. The first kappa shape index (κ1) is 14.7. The molecule has 0 spiro atoms. The maximum Gasteiger partial charge on any atom is 0.416 e. The summed E-state index contributed by atoms with van der Waals surface area (Å²) in [5, 5.41) is 0.739. The van der Waals surface area contributed by atoms with Crippen LogP contribution in [0, 0.1) is 0 Å². The Morgan fingerprint density at radius 2 is 1.79 bits per heavy atom. The number of pyridine rings is 1. The maximum absolute atomic E-state index is 13.0. The number of aromatic nitrogens is 1. The SMILES string of the molecule is O=C1OC(c2ccnc3ccccc23)c2cc(C(F)(F)F)ccc21. The van der Waals surface area contributed by atoms with Crippen molar-refractivity contribution in [2.45, 2.75) is 12.3 Å². The maximum atomic E-state index is 13.0. The highest BCUT2D eigenvalue weighted by atomic mass is 19.4. The van der Waals surface area contributed by atoms with Gasteiger partial charge in [0.05, 0.1) is 16.6 Å². The molecule has 1 atom stereocenters. The number of carbonyl (C=O) groups excluding carboxylic acids is 1. The molecule has 24 heavy (non-hydrogen) atoms. The van der Waals surface area contributed by atoms with Crippen molar-refractivity contribution in [3.63, 3.8) is 0 Å². The molecule has 120 valence electrons. The van der Waals surface area contributed by atoms with Crippen molar-refractivity contribution in [3.8, 4) is 0 Å². The molecule has 0 saturated carbocycles. The number of esters is 1. The molecule has 1 unspecified atom stereocenters. The average molecular weight is 329 g/mol. The number of ether oxygens (including phenoxy) is 1. The second-order valence-corrected chi connectivity index (χ2v) is 5.50. The van der Waals surface area contributed by atoms with Crippen LogP contribution in [-0.2, 0) is 10.9 Å². The molecule has 3 nitrogen and oxygen atoms in total. The van der Waals surface area contributed by atoms with Gasteiger partial charge in [-0.25, -0.2) is 4.79 Å². The molecule has 0 N–H and O–H groups in total. The predicted molar refractivity (Wildman–Crippen MR) is 80.4 cm³/mol. The van der Waals surface area contributed by atoms with Gasteiger partial charge in [0.1, 0.15) is 0 Å². The van der Waals surface area contributed by atoms with Crippen LogP contribution >= 0.6 is 0 Å². The van der Waals surface area contributed by atoms with Crippen molar-refractivity contribution in [3.05, 3.63) is 77.0 Å². The van der Waals surface area contributed by atoms with Crippen LogP contribution < -0.4 is 0 Å². The summed E-state index contributed by atoms with van der Waals surface area (Å²) in [6.07, 6.45) is -3.80. The third-order valence-electron chi connectivity index (χ3n) is 4.07. The van der Waals surface area contributed by atoms with Crippen LogP contribution in [0.25, 0.3) is 10.9 Å². The number of halogens is 3. The Hall–Kier alpha value is -2.89. The molecular weight excluding hydrogens is 319 g/mol. The summed E-state index contributed by atoms with van der Waals surface area (Å²) in [5.41, 5.74) is 0.890. The van der Waals surface area contributed by atoms with E-state index in [0.29, 0.717) is 11.1 Å². The Morgan fingerprint density at radius 1 is 1.00 bits per heavy atom. The lowest BCUT2D eigenvalue weighted by molar-refractivity contribution is -0.137. The zero-order valence-corrected chi connectivity index (χ0v) is 12.2. The minimum Gasteiger partial charge on any atom is -0.449 e. The van der Waals surface area contributed by atoms with E-state index in [1.54, 1.807) is 30.5 Å². The zero-order valence-electron chi connectivity index (χ0n) is 12.2. The molecule has 1 aliphatic rings. The van der Waals surface area contributed by atoms with E-state index in [1.165, 1.54) is 6.07 Å². The van der Waals surface area contributed by atoms with Crippen molar-refractivity contribution in [1.29, 1.82) is 0 Å². The fraction of sp³-hybridized carbons (Fsp3) is 0.111. The van der Waals surface area contributed by atoms with Gasteiger partial charge in [-0.05, 0) is 30.3 Å². The predicted octanol–water partition coefficient (Wildman–Crippen LogP) is 4.51. The lowest BCUT2D eigenvalue weighted by Crippen LogP contribution is -2.07. The Kier molecular flexibility index (Phi) is 3.09. The van der Waals surface area contributed by atoms with Gasteiger partial charge in [-0.2, -0.15) is 13.2 Å². The fourth-order valence-electron chi connectivity index (χ4n) is 2.95. The first-order valence-electron chi connectivity index (χ1n) is 7.21. The smallest absolute Gasteiger partial charge is 0.416 e. The van der Waals surface area contributed by atoms with Crippen molar-refractivity contribution < 1.29 is 22.7 Å². The molecular formula is C18H10F3NO2. The van der Waals surface area contributed by atoms with E-state index in [9.17, 15) is 18.0 Å². The van der Waals surface area contributed by atoms with Gasteiger partial charge in [0.15, 0.2) is 6.10 Å². The zero-order chi connectivity index (χ0) is 16.9. The van der Waals surface area contributed by atoms with Gasteiger partial charge < -0.3 is 4.74 Å². The van der Waals surface area contributed by atoms with Crippen molar-refractivity contribution >= 4 is 16.9 Å². The van der Waals surface area contributed by atoms with Crippen LogP contribution in [0.4, 0.5) is 13.2 Å². The van der Waals surface area contributed by atoms with E-state index in [0.717, 1.165) is 17.5 Å². The molecule has 6 heteroatoms. The quantitative estimate of drug-likeness (QED) is 0.617. The summed E-state index contributed by atoms with van der Waals surface area (Å²) in [7, 11) is 0. The molecule has 0 saturated heterocycles. The fourth-order valence-corrected chi connectivity index (χ4v) is 2.95. The summed E-state index contributed by atoms with van der Waals surface area (Å²) in [6, 6.07) is 11.9. The number of carbonyl (C=O) groups is 1. The molecule has 1 aliphatic heterocycles. The van der Waals surface area contributed by atoms with E-state index >= 15 is 0 Å². The molecule has 1 aromatic heterocycles. The number of cyclic esters (lactones) is 1. The number of hydrogen-bond acceptors (Lipinski definition) is 3. The van der Waals surface area contributed by atoms with Crippen molar-refractivity contribution in [2.75, 3.05) is 0 Å². The van der Waals surface area contributed by atoms with Gasteiger partial charge in [-0.15, -0.1) is 0 Å². The topological polar surface area (TPSA) is 39.2 Å². The summed E-state index contributed by atoms with van der Waals surface area (Å²) in [4.78, 5) is 16.3. The molecule has 4 rings (SSSR count). The molecule has 0 bridgehead atoms. The highest BCUT2D eigenvalue weighted by Gasteiger charge is 2.37. The summed E-state index contributed by atoms with van der Waals surface area (Å²) >= 11 is 0. The van der Waals surface area contributed by atoms with Gasteiger partial charge in [-0.1, -0.05) is 18.2 Å². The molecule has 0 fully saturated rings. The van der Waals surface area contributed by atoms with E-state index in [4.69, 9.17) is 4.74 Å². The molecule has 2 heterocycles. The van der Waals surface area contributed by atoms with E-state index in [-0.39, 0.29) is 11.1 Å². The van der Waals surface area contributed by atoms with Crippen LogP contribution in [-0.4, -0.2) is 11.0 Å². The average Bonchev–Trinajstić information content (AvgIpc) is 2.90. The molecule has 0 radical (unpaired) electrons. The molecule has 3 aromatic rings. The second-order valence-electron chi connectivity index (χ2n) is 5.50. The van der Waals surface area contributed by atoms with Crippen molar-refractivity contribution in [2.24, 2.45) is 0 Å². The van der Waals surface area contributed by atoms with Gasteiger partial charge in [0, 0.05) is 22.7 Å². The first-order chi connectivity index (χ1) is 11.4. The number of rotatable bonds is 1. The number of nitrogens with zero attached hydrogens (tertiary/aromatic N) is 1. The number of benzene rings is 2. The largest absolute Gasteiger partial charge is 0.449 e. The third-order valence-corrected chi connectivity index (χ3v) is 4.07. The number of alkyl halides is 3. The lowest BCUT2D eigenvalue weighted by Gasteiger charge is -2.15. The Balaban J connectivity index is 1.92. The highest BCUT2D eigenvalue weighted by molar-refractivity contribution is 5.95. The van der Waals surface area contributed by atoms with Crippen LogP contribution in [0.3, 0.4) is 0 Å². The normalized spacial score (nSPS) is 17.0. The summed E-state index contributed by atoms with van der Waals surface area (Å²) in [5.74, 6) is -0.621. The number of fused-ring (bicyclic) bond motifs is 2.